The van der Waals surface area contributed by atoms with Crippen LogP contribution in [0.2, 0.25) is 0 Å². The molecule has 3 rings (SSSR count). The van der Waals surface area contributed by atoms with Gasteiger partial charge in [-0.3, -0.25) is 9.59 Å². The third-order valence-corrected chi connectivity index (χ3v) is 3.95. The van der Waals surface area contributed by atoms with Crippen molar-refractivity contribution in [2.45, 2.75) is 0 Å². The summed E-state index contributed by atoms with van der Waals surface area (Å²) < 4.78 is 5.66. The van der Waals surface area contributed by atoms with Gasteiger partial charge in [-0.05, 0) is 44.9 Å². The van der Waals surface area contributed by atoms with Crippen LogP contribution in [0, 0.1) is 0 Å². The van der Waals surface area contributed by atoms with E-state index in [0.29, 0.717) is 23.3 Å². The topological polar surface area (TPSA) is 71.3 Å². The van der Waals surface area contributed by atoms with Gasteiger partial charge >= 0.3 is 0 Å². The summed E-state index contributed by atoms with van der Waals surface area (Å²) in [6.45, 7) is 0.642. The predicted molar refractivity (Wildman–Crippen MR) is 95.0 cm³/mol. The van der Waals surface area contributed by atoms with Crippen LogP contribution >= 0.6 is 15.9 Å². The second-order valence-corrected chi connectivity index (χ2v) is 5.92. The molecule has 2 amide bonds. The molecular formula is C18H15BrN2O3. The molecule has 2 N–H and O–H groups in total. The molecule has 0 bridgehead atoms. The first-order valence-electron chi connectivity index (χ1n) is 7.44. The Morgan fingerprint density at radius 3 is 2.33 bits per heavy atom. The Hall–Kier alpha value is -2.60. The highest BCUT2D eigenvalue weighted by atomic mass is 79.9. The number of hydrogen-bond acceptors (Lipinski definition) is 3. The maximum absolute atomic E-state index is 12.3. The zero-order chi connectivity index (χ0) is 16.9. The number of hydrogen-bond donors (Lipinski definition) is 2. The first kappa shape index (κ1) is 16.3. The quantitative estimate of drug-likeness (QED) is 0.660. The molecule has 0 spiro atoms. The number of amides is 2. The van der Waals surface area contributed by atoms with Crippen LogP contribution in [0.25, 0.3) is 10.8 Å². The first-order valence-corrected chi connectivity index (χ1v) is 8.24. The third kappa shape index (κ3) is 3.65. The minimum absolute atomic E-state index is 0.165. The highest BCUT2D eigenvalue weighted by Crippen LogP contribution is 2.18. The Balaban J connectivity index is 1.55. The minimum Gasteiger partial charge on any atom is -0.444 e. The normalized spacial score (nSPS) is 10.5. The maximum Gasteiger partial charge on any atom is 0.287 e. The summed E-state index contributed by atoms with van der Waals surface area (Å²) in [4.78, 5) is 24.1. The second kappa shape index (κ2) is 7.31. The van der Waals surface area contributed by atoms with E-state index in [1.807, 2.05) is 36.4 Å². The molecule has 0 atom stereocenters. The van der Waals surface area contributed by atoms with Crippen LogP contribution in [-0.4, -0.2) is 24.9 Å². The molecule has 1 aromatic heterocycles. The molecule has 0 aliphatic heterocycles. The highest BCUT2D eigenvalue weighted by molar-refractivity contribution is 9.10. The Bertz CT molecular complexity index is 883. The van der Waals surface area contributed by atoms with Gasteiger partial charge in [0.1, 0.15) is 0 Å². The van der Waals surface area contributed by atoms with E-state index in [4.69, 9.17) is 4.42 Å². The average molecular weight is 387 g/mol. The summed E-state index contributed by atoms with van der Waals surface area (Å²) >= 11 is 3.14. The minimum atomic E-state index is -0.319. The van der Waals surface area contributed by atoms with E-state index in [1.165, 1.54) is 0 Å². The van der Waals surface area contributed by atoms with Crippen LogP contribution in [0.15, 0.2) is 63.7 Å². The van der Waals surface area contributed by atoms with Crippen LogP contribution in [0.4, 0.5) is 0 Å². The summed E-state index contributed by atoms with van der Waals surface area (Å²) in [6, 6.07) is 16.6. The van der Waals surface area contributed by atoms with E-state index in [9.17, 15) is 9.59 Å². The van der Waals surface area contributed by atoms with Crippen molar-refractivity contribution < 1.29 is 14.0 Å². The van der Waals surface area contributed by atoms with E-state index in [1.54, 1.807) is 18.2 Å². The summed E-state index contributed by atoms with van der Waals surface area (Å²) in [7, 11) is 0. The molecule has 0 unspecified atom stereocenters. The number of carbonyl (C=O) groups excluding carboxylic acids is 2. The maximum atomic E-state index is 12.3. The number of halogens is 1. The van der Waals surface area contributed by atoms with Gasteiger partial charge in [0.05, 0.1) is 0 Å². The van der Waals surface area contributed by atoms with Crippen LogP contribution in [-0.2, 0) is 0 Å². The molecule has 6 heteroatoms. The largest absolute Gasteiger partial charge is 0.444 e. The van der Waals surface area contributed by atoms with Crippen LogP contribution in [0.1, 0.15) is 20.9 Å². The molecule has 2 aromatic carbocycles. The molecule has 5 nitrogen and oxygen atoms in total. The first-order chi connectivity index (χ1) is 11.6. The van der Waals surface area contributed by atoms with E-state index in [0.717, 1.165) is 10.8 Å². The summed E-state index contributed by atoms with van der Waals surface area (Å²) in [5.74, 6) is -0.260. The van der Waals surface area contributed by atoms with Crippen molar-refractivity contribution in [2.75, 3.05) is 13.1 Å². The molecule has 0 aliphatic rings. The zero-order valence-corrected chi connectivity index (χ0v) is 14.3. The highest BCUT2D eigenvalue weighted by Gasteiger charge is 2.11. The van der Waals surface area contributed by atoms with Crippen molar-refractivity contribution in [3.05, 3.63) is 70.6 Å². The number of benzene rings is 2. The molecular weight excluding hydrogens is 372 g/mol. The van der Waals surface area contributed by atoms with Crippen LogP contribution in [0.5, 0.6) is 0 Å². The monoisotopic (exact) mass is 386 g/mol. The Labute approximate surface area is 147 Å². The lowest BCUT2D eigenvalue weighted by Crippen LogP contribution is -2.34. The molecule has 1 heterocycles. The Morgan fingerprint density at radius 1 is 0.875 bits per heavy atom. The molecule has 0 radical (unpaired) electrons. The number of nitrogens with one attached hydrogen (secondary N) is 2. The van der Waals surface area contributed by atoms with E-state index < -0.39 is 0 Å². The number of rotatable bonds is 5. The molecule has 122 valence electrons. The molecule has 0 saturated heterocycles. The Kier molecular flexibility index (Phi) is 4.96. The van der Waals surface area contributed by atoms with Gasteiger partial charge in [-0.1, -0.05) is 36.4 Å². The fraction of sp³-hybridized carbons (Fsp3) is 0.111. The standard InChI is InChI=1S/C18H15BrN2O3/c19-16-9-8-15(24-16)18(23)21-11-10-20-17(22)14-7-3-5-12-4-1-2-6-13(12)14/h1-9H,10-11H2,(H,20,22)(H,21,23). The lowest BCUT2D eigenvalue weighted by Gasteiger charge is -2.08. The molecule has 24 heavy (non-hydrogen) atoms. The summed E-state index contributed by atoms with van der Waals surface area (Å²) in [5, 5.41) is 7.42. The third-order valence-electron chi connectivity index (χ3n) is 3.53. The van der Waals surface area contributed by atoms with Gasteiger partial charge in [0, 0.05) is 18.7 Å². The molecule has 0 saturated carbocycles. The number of carbonyl (C=O) groups is 2. The van der Waals surface area contributed by atoms with Gasteiger partial charge in [-0.15, -0.1) is 0 Å². The van der Waals surface area contributed by atoms with Crippen molar-refractivity contribution in [3.8, 4) is 0 Å². The number of furan rings is 1. The molecule has 3 aromatic rings. The average Bonchev–Trinajstić information content (AvgIpc) is 3.04. The lowest BCUT2D eigenvalue weighted by atomic mass is 10.0. The molecule has 0 aliphatic carbocycles. The fourth-order valence-electron chi connectivity index (χ4n) is 2.39. The fourth-order valence-corrected chi connectivity index (χ4v) is 2.70. The van der Waals surface area contributed by atoms with E-state index in [-0.39, 0.29) is 17.6 Å². The number of fused-ring (bicyclic) bond motifs is 1. The van der Waals surface area contributed by atoms with Gasteiger partial charge in [-0.25, -0.2) is 0 Å². The van der Waals surface area contributed by atoms with E-state index >= 15 is 0 Å². The van der Waals surface area contributed by atoms with E-state index in [2.05, 4.69) is 26.6 Å². The van der Waals surface area contributed by atoms with Crippen molar-refractivity contribution in [1.82, 2.24) is 10.6 Å². The molecule has 0 fully saturated rings. The van der Waals surface area contributed by atoms with Crippen LogP contribution in [0.3, 0.4) is 0 Å². The van der Waals surface area contributed by atoms with Gasteiger partial charge < -0.3 is 15.1 Å². The van der Waals surface area contributed by atoms with Crippen molar-refractivity contribution >= 4 is 38.5 Å². The second-order valence-electron chi connectivity index (χ2n) is 5.14. The van der Waals surface area contributed by atoms with Gasteiger partial charge in [-0.2, -0.15) is 0 Å². The van der Waals surface area contributed by atoms with Crippen molar-refractivity contribution in [3.63, 3.8) is 0 Å². The lowest BCUT2D eigenvalue weighted by molar-refractivity contribution is 0.0910. The SMILES string of the molecule is O=C(NCCNC(=O)c1cccc2ccccc12)c1ccc(Br)o1. The van der Waals surface area contributed by atoms with Gasteiger partial charge in [0.25, 0.3) is 11.8 Å². The summed E-state index contributed by atoms with van der Waals surface area (Å²) in [6.07, 6.45) is 0. The Morgan fingerprint density at radius 2 is 1.58 bits per heavy atom. The zero-order valence-electron chi connectivity index (χ0n) is 12.7. The predicted octanol–water partition coefficient (Wildman–Crippen LogP) is 3.36. The van der Waals surface area contributed by atoms with Crippen molar-refractivity contribution in [1.29, 1.82) is 0 Å². The van der Waals surface area contributed by atoms with Gasteiger partial charge in [0.2, 0.25) is 0 Å². The van der Waals surface area contributed by atoms with Crippen LogP contribution < -0.4 is 10.6 Å². The van der Waals surface area contributed by atoms with Gasteiger partial charge in [0.15, 0.2) is 10.4 Å². The summed E-state index contributed by atoms with van der Waals surface area (Å²) in [5.41, 5.74) is 0.620. The smallest absolute Gasteiger partial charge is 0.287 e. The van der Waals surface area contributed by atoms with Crippen molar-refractivity contribution in [2.24, 2.45) is 0 Å².